The Morgan fingerprint density at radius 3 is 2.81 bits per heavy atom. The van der Waals surface area contributed by atoms with Crippen LogP contribution in [0.15, 0.2) is 29.2 Å². The van der Waals surface area contributed by atoms with Crippen LogP contribution in [-0.2, 0) is 6.54 Å². The predicted molar refractivity (Wildman–Crippen MR) is 73.1 cm³/mol. The van der Waals surface area contributed by atoms with Gasteiger partial charge in [0.15, 0.2) is 0 Å². The molecule has 16 heavy (non-hydrogen) atoms. The highest BCUT2D eigenvalue weighted by Gasteiger charge is 1.97. The van der Waals surface area contributed by atoms with Gasteiger partial charge in [0.2, 0.25) is 0 Å². The molecule has 0 saturated heterocycles. The first-order chi connectivity index (χ1) is 7.72. The monoisotopic (exact) mass is 238 g/mol. The number of rotatable bonds is 7. The second-order valence-corrected chi connectivity index (χ2v) is 5.25. The van der Waals surface area contributed by atoms with Gasteiger partial charge in [-0.05, 0) is 38.3 Å². The van der Waals surface area contributed by atoms with Crippen molar-refractivity contribution in [1.29, 1.82) is 0 Å². The van der Waals surface area contributed by atoms with Crippen molar-refractivity contribution in [2.45, 2.75) is 18.4 Å². The molecule has 0 radical (unpaired) electrons. The minimum absolute atomic E-state index is 0.971. The third kappa shape index (κ3) is 5.54. The molecular weight excluding hydrogens is 216 g/mol. The molecule has 0 aromatic heterocycles. The number of hydrogen-bond acceptors (Lipinski definition) is 3. The maximum atomic E-state index is 3.35. The smallest absolute Gasteiger partial charge is 0.0205 e. The largest absolute Gasteiger partial charge is 0.313 e. The first-order valence-electron chi connectivity index (χ1n) is 5.79. The highest BCUT2D eigenvalue weighted by Crippen LogP contribution is 2.18. The summed E-state index contributed by atoms with van der Waals surface area (Å²) in [6, 6.07) is 8.79. The van der Waals surface area contributed by atoms with Gasteiger partial charge in [0, 0.05) is 23.7 Å². The van der Waals surface area contributed by atoms with Gasteiger partial charge < -0.3 is 10.2 Å². The highest BCUT2D eigenvalue weighted by atomic mass is 32.2. The first kappa shape index (κ1) is 13.6. The highest BCUT2D eigenvalue weighted by molar-refractivity contribution is 7.99. The van der Waals surface area contributed by atoms with E-state index in [-0.39, 0.29) is 0 Å². The third-order valence-corrected chi connectivity index (χ3v) is 3.26. The molecule has 0 aliphatic rings. The van der Waals surface area contributed by atoms with Crippen LogP contribution in [0.1, 0.15) is 12.5 Å². The predicted octanol–water partition coefficient (Wildman–Crippen LogP) is 2.45. The SMILES string of the molecule is CCNCc1cccc(SCCN(C)C)c1. The molecule has 0 unspecified atom stereocenters. The number of nitrogens with zero attached hydrogens (tertiary/aromatic N) is 1. The van der Waals surface area contributed by atoms with Gasteiger partial charge in [-0.2, -0.15) is 0 Å². The molecule has 0 amide bonds. The van der Waals surface area contributed by atoms with Crippen LogP contribution in [-0.4, -0.2) is 37.8 Å². The zero-order valence-electron chi connectivity index (χ0n) is 10.5. The van der Waals surface area contributed by atoms with Crippen LogP contribution in [0.2, 0.25) is 0 Å². The number of hydrogen-bond donors (Lipinski definition) is 1. The van der Waals surface area contributed by atoms with E-state index in [1.807, 2.05) is 11.8 Å². The third-order valence-electron chi connectivity index (χ3n) is 2.28. The lowest BCUT2D eigenvalue weighted by Crippen LogP contribution is -2.14. The Morgan fingerprint density at radius 1 is 1.31 bits per heavy atom. The van der Waals surface area contributed by atoms with E-state index >= 15 is 0 Å². The Balaban J connectivity index is 2.40. The fourth-order valence-corrected chi connectivity index (χ4v) is 2.46. The molecule has 0 aliphatic heterocycles. The molecule has 1 rings (SSSR count). The van der Waals surface area contributed by atoms with Crippen LogP contribution in [0.3, 0.4) is 0 Å². The van der Waals surface area contributed by atoms with E-state index in [0.29, 0.717) is 0 Å². The molecule has 0 atom stereocenters. The molecule has 0 saturated carbocycles. The second-order valence-electron chi connectivity index (χ2n) is 4.08. The molecule has 1 aromatic carbocycles. The summed E-state index contributed by atoms with van der Waals surface area (Å²) >= 11 is 1.93. The first-order valence-corrected chi connectivity index (χ1v) is 6.78. The molecule has 1 aromatic rings. The van der Waals surface area contributed by atoms with Gasteiger partial charge in [-0.3, -0.25) is 0 Å². The molecule has 0 aliphatic carbocycles. The standard InChI is InChI=1S/C13H22N2S/c1-4-14-11-12-6-5-7-13(10-12)16-9-8-15(2)3/h5-7,10,14H,4,8-9,11H2,1-3H3. The van der Waals surface area contributed by atoms with E-state index in [9.17, 15) is 0 Å². The normalized spacial score (nSPS) is 11.0. The van der Waals surface area contributed by atoms with Crippen LogP contribution in [0, 0.1) is 0 Å². The van der Waals surface area contributed by atoms with E-state index in [1.54, 1.807) is 0 Å². The van der Waals surface area contributed by atoms with E-state index in [1.165, 1.54) is 10.5 Å². The van der Waals surface area contributed by atoms with Gasteiger partial charge in [-0.25, -0.2) is 0 Å². The van der Waals surface area contributed by atoms with Crippen LogP contribution >= 0.6 is 11.8 Å². The van der Waals surface area contributed by atoms with E-state index in [4.69, 9.17) is 0 Å². The topological polar surface area (TPSA) is 15.3 Å². The molecule has 90 valence electrons. The minimum atomic E-state index is 0.971. The van der Waals surface area contributed by atoms with E-state index in [0.717, 1.165) is 25.4 Å². The summed E-state index contributed by atoms with van der Waals surface area (Å²) in [6.07, 6.45) is 0. The quantitative estimate of drug-likeness (QED) is 0.735. The van der Waals surface area contributed by atoms with E-state index < -0.39 is 0 Å². The summed E-state index contributed by atoms with van der Waals surface area (Å²) in [4.78, 5) is 3.59. The Kier molecular flexibility index (Phi) is 6.53. The van der Waals surface area contributed by atoms with Gasteiger partial charge in [-0.1, -0.05) is 19.1 Å². The fourth-order valence-electron chi connectivity index (χ4n) is 1.36. The lowest BCUT2D eigenvalue weighted by Gasteiger charge is -2.09. The molecule has 0 heterocycles. The van der Waals surface area contributed by atoms with E-state index in [2.05, 4.69) is 55.5 Å². The maximum Gasteiger partial charge on any atom is 0.0205 e. The van der Waals surface area contributed by atoms with Gasteiger partial charge in [0.05, 0.1) is 0 Å². The minimum Gasteiger partial charge on any atom is -0.313 e. The second kappa shape index (κ2) is 7.71. The number of benzene rings is 1. The summed E-state index contributed by atoms with van der Waals surface area (Å²) in [7, 11) is 4.23. The van der Waals surface area contributed by atoms with Crippen molar-refractivity contribution in [3.63, 3.8) is 0 Å². The Hall–Kier alpha value is -0.510. The van der Waals surface area contributed by atoms with Crippen LogP contribution in [0.4, 0.5) is 0 Å². The fraction of sp³-hybridized carbons (Fsp3) is 0.538. The zero-order valence-corrected chi connectivity index (χ0v) is 11.3. The summed E-state index contributed by atoms with van der Waals surface area (Å²) in [6.45, 7) is 5.26. The Labute approximate surface area is 103 Å². The molecule has 0 bridgehead atoms. The van der Waals surface area contributed by atoms with Crippen LogP contribution < -0.4 is 5.32 Å². The molecule has 0 spiro atoms. The van der Waals surface area contributed by atoms with Crippen molar-refractivity contribution in [3.05, 3.63) is 29.8 Å². The van der Waals surface area contributed by atoms with Crippen molar-refractivity contribution < 1.29 is 0 Å². The van der Waals surface area contributed by atoms with Crippen molar-refractivity contribution in [1.82, 2.24) is 10.2 Å². The average molecular weight is 238 g/mol. The van der Waals surface area contributed by atoms with Crippen molar-refractivity contribution in [2.75, 3.05) is 32.9 Å². The molecule has 1 N–H and O–H groups in total. The molecule has 3 heteroatoms. The lowest BCUT2D eigenvalue weighted by molar-refractivity contribution is 0.437. The average Bonchev–Trinajstić information content (AvgIpc) is 2.26. The van der Waals surface area contributed by atoms with Crippen molar-refractivity contribution >= 4 is 11.8 Å². The zero-order chi connectivity index (χ0) is 11.8. The summed E-state index contributed by atoms with van der Waals surface area (Å²) in [5, 5.41) is 3.35. The number of nitrogens with one attached hydrogen (secondary N) is 1. The van der Waals surface area contributed by atoms with Gasteiger partial charge in [-0.15, -0.1) is 11.8 Å². The van der Waals surface area contributed by atoms with Crippen molar-refractivity contribution in [3.8, 4) is 0 Å². The van der Waals surface area contributed by atoms with Gasteiger partial charge in [0.25, 0.3) is 0 Å². The Morgan fingerprint density at radius 2 is 2.12 bits per heavy atom. The molecular formula is C13H22N2S. The Bertz CT molecular complexity index is 300. The maximum absolute atomic E-state index is 3.35. The summed E-state index contributed by atoms with van der Waals surface area (Å²) in [5.74, 6) is 1.15. The van der Waals surface area contributed by atoms with Gasteiger partial charge in [0.1, 0.15) is 0 Å². The molecule has 0 fully saturated rings. The molecule has 2 nitrogen and oxygen atoms in total. The van der Waals surface area contributed by atoms with Gasteiger partial charge >= 0.3 is 0 Å². The summed E-state index contributed by atoms with van der Waals surface area (Å²) < 4.78 is 0. The number of thioether (sulfide) groups is 1. The van der Waals surface area contributed by atoms with Crippen molar-refractivity contribution in [2.24, 2.45) is 0 Å². The summed E-state index contributed by atoms with van der Waals surface area (Å²) in [5.41, 5.74) is 1.37. The van der Waals surface area contributed by atoms with Crippen LogP contribution in [0.5, 0.6) is 0 Å². The van der Waals surface area contributed by atoms with Crippen LogP contribution in [0.25, 0.3) is 0 Å². The lowest BCUT2D eigenvalue weighted by atomic mass is 10.2.